The Balaban J connectivity index is 2.19. The largest absolute Gasteiger partial charge is 0.386 e. The SMILES string of the molecule is CCn1nncc1C(O)C1CC1. The number of aliphatic hydroxyl groups excluding tert-OH is 1. The van der Waals surface area contributed by atoms with Crippen molar-refractivity contribution in [1.82, 2.24) is 15.0 Å². The molecule has 1 aliphatic carbocycles. The summed E-state index contributed by atoms with van der Waals surface area (Å²) in [4.78, 5) is 0. The average molecular weight is 167 g/mol. The maximum atomic E-state index is 9.76. The Labute approximate surface area is 71.2 Å². The van der Waals surface area contributed by atoms with Gasteiger partial charge in [-0.2, -0.15) is 0 Å². The predicted octanol–water partition coefficient (Wildman–Crippen LogP) is 0.741. The molecule has 0 bridgehead atoms. The molecule has 1 heterocycles. The van der Waals surface area contributed by atoms with Crippen LogP contribution in [0.4, 0.5) is 0 Å². The molecule has 0 radical (unpaired) electrons. The Hall–Kier alpha value is -0.900. The minimum Gasteiger partial charge on any atom is -0.386 e. The molecule has 0 saturated heterocycles. The number of rotatable bonds is 3. The van der Waals surface area contributed by atoms with Crippen molar-refractivity contribution in [2.75, 3.05) is 0 Å². The van der Waals surface area contributed by atoms with E-state index in [1.54, 1.807) is 10.9 Å². The zero-order valence-electron chi connectivity index (χ0n) is 7.14. The van der Waals surface area contributed by atoms with Crippen LogP contribution in [0.15, 0.2) is 6.20 Å². The summed E-state index contributed by atoms with van der Waals surface area (Å²) in [5, 5.41) is 17.4. The maximum absolute atomic E-state index is 9.76. The zero-order chi connectivity index (χ0) is 8.55. The molecule has 1 aromatic rings. The summed E-state index contributed by atoms with van der Waals surface area (Å²) in [5.41, 5.74) is 0.861. The van der Waals surface area contributed by atoms with Crippen LogP contribution in [-0.2, 0) is 6.54 Å². The van der Waals surface area contributed by atoms with E-state index in [9.17, 15) is 5.11 Å². The summed E-state index contributed by atoms with van der Waals surface area (Å²) in [6.07, 6.45) is 3.58. The van der Waals surface area contributed by atoms with Crippen LogP contribution in [0, 0.1) is 5.92 Å². The third kappa shape index (κ3) is 1.22. The number of aromatic nitrogens is 3. The summed E-state index contributed by atoms with van der Waals surface area (Å²) in [7, 11) is 0. The van der Waals surface area contributed by atoms with Crippen molar-refractivity contribution in [2.45, 2.75) is 32.4 Å². The molecule has 1 aliphatic rings. The van der Waals surface area contributed by atoms with Crippen molar-refractivity contribution in [3.8, 4) is 0 Å². The molecular formula is C8H13N3O. The van der Waals surface area contributed by atoms with Crippen molar-refractivity contribution in [3.63, 3.8) is 0 Å². The van der Waals surface area contributed by atoms with Crippen LogP contribution in [0.3, 0.4) is 0 Å². The lowest BCUT2D eigenvalue weighted by Crippen LogP contribution is -2.09. The molecule has 1 N–H and O–H groups in total. The molecular weight excluding hydrogens is 154 g/mol. The van der Waals surface area contributed by atoms with Gasteiger partial charge in [0.1, 0.15) is 6.10 Å². The first-order valence-corrected chi connectivity index (χ1v) is 4.39. The van der Waals surface area contributed by atoms with Crippen molar-refractivity contribution in [3.05, 3.63) is 11.9 Å². The van der Waals surface area contributed by atoms with E-state index in [4.69, 9.17) is 0 Å². The molecule has 0 amide bonds. The van der Waals surface area contributed by atoms with Gasteiger partial charge in [0, 0.05) is 6.54 Å². The summed E-state index contributed by atoms with van der Waals surface area (Å²) < 4.78 is 1.75. The van der Waals surface area contributed by atoms with E-state index in [0.29, 0.717) is 5.92 Å². The van der Waals surface area contributed by atoms with Crippen LogP contribution in [0.5, 0.6) is 0 Å². The first-order chi connectivity index (χ1) is 5.83. The molecule has 1 atom stereocenters. The fraction of sp³-hybridized carbons (Fsp3) is 0.750. The van der Waals surface area contributed by atoms with Crippen LogP contribution in [0.1, 0.15) is 31.6 Å². The Morgan fingerprint density at radius 1 is 1.75 bits per heavy atom. The molecule has 1 aromatic heterocycles. The Kier molecular flexibility index (Phi) is 1.84. The topological polar surface area (TPSA) is 50.9 Å². The van der Waals surface area contributed by atoms with Crippen molar-refractivity contribution in [1.29, 1.82) is 0 Å². The highest BCUT2D eigenvalue weighted by molar-refractivity contribution is 5.03. The molecule has 4 nitrogen and oxygen atoms in total. The number of hydrogen-bond acceptors (Lipinski definition) is 3. The van der Waals surface area contributed by atoms with Crippen LogP contribution in [0.2, 0.25) is 0 Å². The lowest BCUT2D eigenvalue weighted by molar-refractivity contribution is 0.143. The lowest BCUT2D eigenvalue weighted by atomic mass is 10.2. The predicted molar refractivity (Wildman–Crippen MR) is 43.4 cm³/mol. The molecule has 2 rings (SSSR count). The van der Waals surface area contributed by atoms with Gasteiger partial charge in [0.2, 0.25) is 0 Å². The molecule has 0 aromatic carbocycles. The van der Waals surface area contributed by atoms with E-state index in [0.717, 1.165) is 25.1 Å². The average Bonchev–Trinajstić information content (AvgIpc) is 2.82. The number of hydrogen-bond donors (Lipinski definition) is 1. The van der Waals surface area contributed by atoms with Crippen molar-refractivity contribution in [2.24, 2.45) is 5.92 Å². The van der Waals surface area contributed by atoms with E-state index in [-0.39, 0.29) is 6.10 Å². The van der Waals surface area contributed by atoms with E-state index in [1.165, 1.54) is 0 Å². The highest BCUT2D eigenvalue weighted by Crippen LogP contribution is 2.40. The third-order valence-electron chi connectivity index (χ3n) is 2.32. The summed E-state index contributed by atoms with van der Waals surface area (Å²) in [6, 6.07) is 0. The van der Waals surface area contributed by atoms with E-state index < -0.39 is 0 Å². The highest BCUT2D eigenvalue weighted by atomic mass is 16.3. The zero-order valence-corrected chi connectivity index (χ0v) is 7.14. The summed E-state index contributed by atoms with van der Waals surface area (Å²) in [5.74, 6) is 0.453. The molecule has 1 fully saturated rings. The van der Waals surface area contributed by atoms with Gasteiger partial charge in [0.05, 0.1) is 11.9 Å². The first-order valence-electron chi connectivity index (χ1n) is 4.39. The monoisotopic (exact) mass is 167 g/mol. The van der Waals surface area contributed by atoms with E-state index in [2.05, 4.69) is 10.3 Å². The fourth-order valence-electron chi connectivity index (χ4n) is 1.39. The van der Waals surface area contributed by atoms with Crippen LogP contribution in [-0.4, -0.2) is 20.1 Å². The molecule has 12 heavy (non-hydrogen) atoms. The van der Waals surface area contributed by atoms with Gasteiger partial charge in [0.15, 0.2) is 0 Å². The molecule has 0 spiro atoms. The quantitative estimate of drug-likeness (QED) is 0.722. The summed E-state index contributed by atoms with van der Waals surface area (Å²) in [6.45, 7) is 2.77. The lowest BCUT2D eigenvalue weighted by Gasteiger charge is -2.08. The standard InChI is InChI=1S/C8H13N3O/c1-2-11-7(5-9-10-11)8(12)6-3-4-6/h5-6,8,12H,2-4H2,1H3. The number of aliphatic hydroxyl groups is 1. The minimum atomic E-state index is -0.347. The van der Waals surface area contributed by atoms with Gasteiger partial charge >= 0.3 is 0 Å². The van der Waals surface area contributed by atoms with Crippen molar-refractivity contribution < 1.29 is 5.11 Å². The molecule has 1 unspecified atom stereocenters. The van der Waals surface area contributed by atoms with Gasteiger partial charge < -0.3 is 5.11 Å². The highest BCUT2D eigenvalue weighted by Gasteiger charge is 2.32. The van der Waals surface area contributed by atoms with Gasteiger partial charge in [-0.25, -0.2) is 4.68 Å². The molecule has 4 heteroatoms. The van der Waals surface area contributed by atoms with Crippen LogP contribution in [0.25, 0.3) is 0 Å². The van der Waals surface area contributed by atoms with E-state index >= 15 is 0 Å². The summed E-state index contributed by atoms with van der Waals surface area (Å²) >= 11 is 0. The van der Waals surface area contributed by atoms with Gasteiger partial charge in [-0.05, 0) is 25.7 Å². The van der Waals surface area contributed by atoms with Gasteiger partial charge in [0.25, 0.3) is 0 Å². The number of nitrogens with zero attached hydrogens (tertiary/aromatic N) is 3. The minimum absolute atomic E-state index is 0.347. The second-order valence-corrected chi connectivity index (χ2v) is 3.26. The Bertz CT molecular complexity index is 267. The third-order valence-corrected chi connectivity index (χ3v) is 2.32. The molecule has 66 valence electrons. The van der Waals surface area contributed by atoms with Crippen LogP contribution < -0.4 is 0 Å². The van der Waals surface area contributed by atoms with Crippen LogP contribution >= 0.6 is 0 Å². The van der Waals surface area contributed by atoms with E-state index in [1.807, 2.05) is 6.92 Å². The second kappa shape index (κ2) is 2.86. The Morgan fingerprint density at radius 3 is 3.08 bits per heavy atom. The molecule has 1 saturated carbocycles. The smallest absolute Gasteiger partial charge is 0.100 e. The van der Waals surface area contributed by atoms with Gasteiger partial charge in [-0.15, -0.1) is 5.10 Å². The Morgan fingerprint density at radius 2 is 2.50 bits per heavy atom. The maximum Gasteiger partial charge on any atom is 0.100 e. The number of aryl methyl sites for hydroxylation is 1. The molecule has 0 aliphatic heterocycles. The van der Waals surface area contributed by atoms with Gasteiger partial charge in [-0.1, -0.05) is 5.21 Å². The second-order valence-electron chi connectivity index (χ2n) is 3.26. The van der Waals surface area contributed by atoms with Crippen molar-refractivity contribution >= 4 is 0 Å². The first kappa shape index (κ1) is 7.73. The fourth-order valence-corrected chi connectivity index (χ4v) is 1.39. The normalized spacial score (nSPS) is 19.5. The van der Waals surface area contributed by atoms with Gasteiger partial charge in [-0.3, -0.25) is 0 Å².